The topological polar surface area (TPSA) is 29.3 Å². The van der Waals surface area contributed by atoms with Gasteiger partial charge in [-0.05, 0) is 55.5 Å². The van der Waals surface area contributed by atoms with Gasteiger partial charge in [0.25, 0.3) is 0 Å². The number of hydrogen-bond donors (Lipinski definition) is 1. The molecule has 2 aromatic carbocycles. The lowest BCUT2D eigenvalue weighted by atomic mass is 9.73. The second kappa shape index (κ2) is 12.8. The number of rotatable bonds is 14. The van der Waals surface area contributed by atoms with Crippen LogP contribution in [0.2, 0.25) is 0 Å². The highest BCUT2D eigenvalue weighted by molar-refractivity contribution is 8.00. The van der Waals surface area contributed by atoms with Gasteiger partial charge in [0.2, 0.25) is 0 Å². The minimum Gasteiger partial charge on any atom is -0.324 e. The van der Waals surface area contributed by atoms with Gasteiger partial charge in [-0.15, -0.1) is 0 Å². The first-order valence-corrected chi connectivity index (χ1v) is 14.6. The highest BCUT2D eigenvalue weighted by atomic mass is 32.2. The van der Waals surface area contributed by atoms with Crippen LogP contribution < -0.4 is 5.73 Å². The molecule has 2 nitrogen and oxygen atoms in total. The third-order valence-electron chi connectivity index (χ3n) is 8.20. The summed E-state index contributed by atoms with van der Waals surface area (Å²) in [4.78, 5) is 2.63. The summed E-state index contributed by atoms with van der Waals surface area (Å²) in [6.07, 6.45) is 2.30. The minimum atomic E-state index is -0.378. The quantitative estimate of drug-likeness (QED) is 0.285. The first-order valence-electron chi connectivity index (χ1n) is 13.7. The molecule has 3 heteroatoms. The molecule has 0 saturated heterocycles. The van der Waals surface area contributed by atoms with E-state index in [0.29, 0.717) is 5.92 Å². The molecule has 0 aliphatic heterocycles. The maximum absolute atomic E-state index is 7.38. The van der Waals surface area contributed by atoms with Gasteiger partial charge in [0.1, 0.15) is 0 Å². The predicted octanol–water partition coefficient (Wildman–Crippen LogP) is 8.33. The normalized spacial score (nSPS) is 17.7. The number of nitrogens with two attached hydrogens (primary N) is 1. The van der Waals surface area contributed by atoms with Crippen LogP contribution >= 0.6 is 11.8 Å². The SMILES string of the molecule is CCC(C)CSC(C)(C)CC(c1ccccc1)C(C)(N)CN(CC)C(C)(c1ccccc1)C(C)C. The molecule has 0 aromatic heterocycles. The zero-order valence-corrected chi connectivity index (χ0v) is 24.8. The maximum Gasteiger partial charge on any atom is 0.0456 e. The van der Waals surface area contributed by atoms with Crippen molar-refractivity contribution in [2.45, 2.75) is 96.9 Å². The lowest BCUT2D eigenvalue weighted by molar-refractivity contribution is 0.0366. The Morgan fingerprint density at radius 2 is 1.40 bits per heavy atom. The van der Waals surface area contributed by atoms with Crippen LogP contribution in [0, 0.1) is 11.8 Å². The number of hydrogen-bond acceptors (Lipinski definition) is 3. The first-order chi connectivity index (χ1) is 16.4. The van der Waals surface area contributed by atoms with E-state index in [1.54, 1.807) is 0 Å². The lowest BCUT2D eigenvalue weighted by Gasteiger charge is -2.50. The third-order valence-corrected chi connectivity index (χ3v) is 9.89. The number of benzene rings is 2. The van der Waals surface area contributed by atoms with Crippen LogP contribution in [0.3, 0.4) is 0 Å². The van der Waals surface area contributed by atoms with E-state index in [1.807, 2.05) is 0 Å². The number of thioether (sulfide) groups is 1. The number of likely N-dealkylation sites (N-methyl/N-ethyl adjacent to an activating group) is 1. The molecule has 2 aromatic rings. The molecule has 2 N–H and O–H groups in total. The van der Waals surface area contributed by atoms with E-state index < -0.39 is 0 Å². The standard InChI is InChI=1S/C32H52N2S/c1-10-26(5)23-35-30(6,7)22-29(27-18-14-12-15-19-27)31(8,33)24-34(11-2)32(9,25(3)4)28-20-16-13-17-21-28/h12-21,25-26,29H,10-11,22-24,33H2,1-9H3. The average molecular weight is 497 g/mol. The molecule has 0 aliphatic carbocycles. The number of nitrogens with zero attached hydrogens (tertiary/aromatic N) is 1. The van der Waals surface area contributed by atoms with Gasteiger partial charge in [0.05, 0.1) is 0 Å². The summed E-state index contributed by atoms with van der Waals surface area (Å²) >= 11 is 2.11. The van der Waals surface area contributed by atoms with Gasteiger partial charge in [-0.1, -0.05) is 116 Å². The van der Waals surface area contributed by atoms with E-state index >= 15 is 0 Å². The van der Waals surface area contributed by atoms with Gasteiger partial charge in [0.15, 0.2) is 0 Å². The van der Waals surface area contributed by atoms with E-state index in [2.05, 4.69) is 140 Å². The summed E-state index contributed by atoms with van der Waals surface area (Å²) in [5.74, 6) is 2.67. The predicted molar refractivity (Wildman–Crippen MR) is 158 cm³/mol. The molecule has 0 heterocycles. The summed E-state index contributed by atoms with van der Waals surface area (Å²) in [6.45, 7) is 22.9. The molecular weight excluding hydrogens is 444 g/mol. The highest BCUT2D eigenvalue weighted by Gasteiger charge is 2.43. The third kappa shape index (κ3) is 7.84. The fraction of sp³-hybridized carbons (Fsp3) is 0.625. The van der Waals surface area contributed by atoms with Crippen molar-refractivity contribution in [3.05, 3.63) is 71.8 Å². The fourth-order valence-corrected chi connectivity index (χ4v) is 6.49. The largest absolute Gasteiger partial charge is 0.324 e. The van der Waals surface area contributed by atoms with Crippen molar-refractivity contribution in [1.82, 2.24) is 4.90 Å². The second-order valence-corrected chi connectivity index (χ2v) is 13.7. The molecule has 0 radical (unpaired) electrons. The van der Waals surface area contributed by atoms with E-state index in [9.17, 15) is 0 Å². The van der Waals surface area contributed by atoms with Crippen molar-refractivity contribution in [3.63, 3.8) is 0 Å². The van der Waals surface area contributed by atoms with Crippen LogP contribution in [0.4, 0.5) is 0 Å². The Hall–Kier alpha value is -1.29. The molecule has 2 rings (SSSR count). The van der Waals surface area contributed by atoms with E-state index in [-0.39, 0.29) is 21.7 Å². The van der Waals surface area contributed by atoms with Crippen molar-refractivity contribution in [3.8, 4) is 0 Å². The molecule has 0 bridgehead atoms. The Kier molecular flexibility index (Phi) is 10.9. The Balaban J connectivity index is 2.41. The van der Waals surface area contributed by atoms with Gasteiger partial charge in [0, 0.05) is 28.3 Å². The van der Waals surface area contributed by atoms with Crippen molar-refractivity contribution in [1.29, 1.82) is 0 Å². The highest BCUT2D eigenvalue weighted by Crippen LogP contribution is 2.43. The van der Waals surface area contributed by atoms with Crippen LogP contribution in [-0.4, -0.2) is 34.0 Å². The summed E-state index contributed by atoms with van der Waals surface area (Å²) in [7, 11) is 0. The smallest absolute Gasteiger partial charge is 0.0456 e. The Morgan fingerprint density at radius 3 is 1.89 bits per heavy atom. The van der Waals surface area contributed by atoms with E-state index in [1.165, 1.54) is 23.3 Å². The molecule has 0 spiro atoms. The van der Waals surface area contributed by atoms with Crippen LogP contribution in [0.25, 0.3) is 0 Å². The summed E-state index contributed by atoms with van der Waals surface area (Å²) in [5.41, 5.74) is 9.65. The Morgan fingerprint density at radius 1 is 0.857 bits per heavy atom. The van der Waals surface area contributed by atoms with Crippen molar-refractivity contribution < 1.29 is 0 Å². The van der Waals surface area contributed by atoms with Crippen molar-refractivity contribution in [2.75, 3.05) is 18.8 Å². The van der Waals surface area contributed by atoms with E-state index in [4.69, 9.17) is 5.73 Å². The molecule has 4 unspecified atom stereocenters. The summed E-state index contributed by atoms with van der Waals surface area (Å²) in [5, 5.41) is 0. The van der Waals surface area contributed by atoms with Crippen LogP contribution in [0.1, 0.15) is 92.2 Å². The zero-order chi connectivity index (χ0) is 26.3. The van der Waals surface area contributed by atoms with Gasteiger partial charge in [-0.3, -0.25) is 4.90 Å². The fourth-order valence-electron chi connectivity index (χ4n) is 5.24. The minimum absolute atomic E-state index is 0.0846. The summed E-state index contributed by atoms with van der Waals surface area (Å²) in [6, 6.07) is 22.0. The van der Waals surface area contributed by atoms with Crippen LogP contribution in [0.5, 0.6) is 0 Å². The Bertz CT molecular complexity index is 862. The average Bonchev–Trinajstić information content (AvgIpc) is 2.84. The molecule has 0 saturated carbocycles. The van der Waals surface area contributed by atoms with Crippen LogP contribution in [-0.2, 0) is 5.54 Å². The summed E-state index contributed by atoms with van der Waals surface area (Å²) < 4.78 is 0.155. The molecule has 35 heavy (non-hydrogen) atoms. The van der Waals surface area contributed by atoms with Crippen molar-refractivity contribution >= 4 is 11.8 Å². The zero-order valence-electron chi connectivity index (χ0n) is 24.0. The van der Waals surface area contributed by atoms with E-state index in [0.717, 1.165) is 25.4 Å². The molecule has 0 fully saturated rings. The molecular formula is C32H52N2S. The molecule has 4 atom stereocenters. The van der Waals surface area contributed by atoms with Gasteiger partial charge in [-0.2, -0.15) is 11.8 Å². The molecule has 196 valence electrons. The first kappa shape index (κ1) is 29.9. The second-order valence-electron chi connectivity index (χ2n) is 11.9. The molecule has 0 aliphatic rings. The molecule has 0 amide bonds. The van der Waals surface area contributed by atoms with Gasteiger partial charge >= 0.3 is 0 Å². The Labute approximate surface area is 221 Å². The maximum atomic E-state index is 7.38. The van der Waals surface area contributed by atoms with Crippen molar-refractivity contribution in [2.24, 2.45) is 17.6 Å². The van der Waals surface area contributed by atoms with Gasteiger partial charge in [-0.25, -0.2) is 0 Å². The lowest BCUT2D eigenvalue weighted by Crippen LogP contribution is -2.58. The van der Waals surface area contributed by atoms with Crippen LogP contribution in [0.15, 0.2) is 60.7 Å². The monoisotopic (exact) mass is 496 g/mol. The van der Waals surface area contributed by atoms with Gasteiger partial charge < -0.3 is 5.73 Å².